The molecule has 1 amide bonds. The van der Waals surface area contributed by atoms with Crippen molar-refractivity contribution < 1.29 is 4.79 Å². The van der Waals surface area contributed by atoms with Crippen LogP contribution < -0.4 is 16.0 Å². The van der Waals surface area contributed by atoms with Crippen LogP contribution in [0.3, 0.4) is 0 Å². The summed E-state index contributed by atoms with van der Waals surface area (Å²) in [5.74, 6) is 0.762. The van der Waals surface area contributed by atoms with Crippen LogP contribution in [0, 0.1) is 0 Å². The zero-order valence-corrected chi connectivity index (χ0v) is 19.2. The van der Waals surface area contributed by atoms with E-state index in [1.807, 2.05) is 48.7 Å². The third kappa shape index (κ3) is 8.94. The van der Waals surface area contributed by atoms with Gasteiger partial charge in [-0.05, 0) is 42.8 Å². The highest BCUT2D eigenvalue weighted by Gasteiger charge is 2.04. The lowest BCUT2D eigenvalue weighted by atomic mass is 10.1. The summed E-state index contributed by atoms with van der Waals surface area (Å²) in [6.45, 7) is 4.84. The van der Waals surface area contributed by atoms with Crippen molar-refractivity contribution in [3.05, 3.63) is 57.2 Å². The molecule has 0 fully saturated rings. The lowest BCUT2D eigenvalue weighted by molar-refractivity contribution is 0.0957. The van der Waals surface area contributed by atoms with Crippen LogP contribution >= 0.6 is 46.9 Å². The number of guanidine groups is 1. The minimum Gasteiger partial charge on any atom is -0.357 e. The predicted octanol–water partition coefficient (Wildman–Crippen LogP) is 3.94. The molecule has 0 aliphatic carbocycles. The molecule has 0 saturated carbocycles. The standard InChI is InChI=1S/C19H25ClN4OS.HI/c1-2-21-19(24-13-10-15-7-3-4-8-16(15)20)23-12-6-11-22-18(25)17-9-5-14-26-17;/h3-5,7-9,14H,2,6,10-13H2,1H3,(H,22,25)(H2,21,23,24);1H. The molecule has 0 spiro atoms. The van der Waals surface area contributed by atoms with Gasteiger partial charge in [0.15, 0.2) is 5.96 Å². The van der Waals surface area contributed by atoms with Crippen LogP contribution in [0.2, 0.25) is 5.02 Å². The minimum absolute atomic E-state index is 0. The molecular weight excluding hydrogens is 495 g/mol. The highest BCUT2D eigenvalue weighted by Crippen LogP contribution is 2.14. The van der Waals surface area contributed by atoms with Crippen molar-refractivity contribution in [3.8, 4) is 0 Å². The second-order valence-electron chi connectivity index (χ2n) is 5.62. The molecule has 27 heavy (non-hydrogen) atoms. The van der Waals surface area contributed by atoms with E-state index in [9.17, 15) is 4.79 Å². The Morgan fingerprint density at radius 1 is 1.11 bits per heavy atom. The summed E-state index contributed by atoms with van der Waals surface area (Å²) >= 11 is 7.62. The Morgan fingerprint density at radius 3 is 2.63 bits per heavy atom. The first-order valence-electron chi connectivity index (χ1n) is 8.78. The van der Waals surface area contributed by atoms with Crippen LogP contribution in [-0.4, -0.2) is 38.0 Å². The highest BCUT2D eigenvalue weighted by atomic mass is 127. The van der Waals surface area contributed by atoms with Crippen molar-refractivity contribution in [1.82, 2.24) is 16.0 Å². The number of rotatable bonds is 9. The van der Waals surface area contributed by atoms with Gasteiger partial charge in [-0.1, -0.05) is 35.9 Å². The monoisotopic (exact) mass is 520 g/mol. The largest absolute Gasteiger partial charge is 0.357 e. The van der Waals surface area contributed by atoms with Gasteiger partial charge in [-0.25, -0.2) is 0 Å². The van der Waals surface area contributed by atoms with Crippen molar-refractivity contribution in [3.63, 3.8) is 0 Å². The van der Waals surface area contributed by atoms with Gasteiger partial charge in [-0.2, -0.15) is 0 Å². The first-order valence-corrected chi connectivity index (χ1v) is 10.0. The Kier molecular flexibility index (Phi) is 12.1. The van der Waals surface area contributed by atoms with Gasteiger partial charge in [0.25, 0.3) is 5.91 Å². The number of carbonyl (C=O) groups excluding carboxylic acids is 1. The third-order valence-corrected chi connectivity index (χ3v) is 4.86. The van der Waals surface area contributed by atoms with Gasteiger partial charge in [0, 0.05) is 31.2 Å². The van der Waals surface area contributed by atoms with Gasteiger partial charge in [-0.15, -0.1) is 35.3 Å². The molecule has 0 unspecified atom stereocenters. The van der Waals surface area contributed by atoms with Gasteiger partial charge in [0.05, 0.1) is 4.88 Å². The summed E-state index contributed by atoms with van der Waals surface area (Å²) in [6, 6.07) is 11.6. The number of thiophene rings is 1. The van der Waals surface area contributed by atoms with Crippen molar-refractivity contribution in [2.75, 3.05) is 26.2 Å². The van der Waals surface area contributed by atoms with Gasteiger partial charge in [-0.3, -0.25) is 9.79 Å². The molecule has 0 saturated heterocycles. The molecule has 2 rings (SSSR count). The zero-order chi connectivity index (χ0) is 18.6. The smallest absolute Gasteiger partial charge is 0.261 e. The molecule has 148 valence electrons. The second kappa shape index (κ2) is 13.8. The number of amides is 1. The Morgan fingerprint density at radius 2 is 1.93 bits per heavy atom. The fourth-order valence-corrected chi connectivity index (χ4v) is 3.20. The third-order valence-electron chi connectivity index (χ3n) is 3.62. The quantitative estimate of drug-likeness (QED) is 0.203. The van der Waals surface area contributed by atoms with Gasteiger partial charge < -0.3 is 16.0 Å². The fraction of sp³-hybridized carbons (Fsp3) is 0.368. The molecule has 0 radical (unpaired) electrons. The van der Waals surface area contributed by atoms with Crippen molar-refractivity contribution >= 4 is 58.8 Å². The van der Waals surface area contributed by atoms with E-state index in [-0.39, 0.29) is 29.9 Å². The van der Waals surface area contributed by atoms with Crippen LogP contribution in [0.25, 0.3) is 0 Å². The molecule has 0 aliphatic heterocycles. The first kappa shape index (κ1) is 23.7. The topological polar surface area (TPSA) is 65.5 Å². The van der Waals surface area contributed by atoms with Crippen molar-refractivity contribution in [2.45, 2.75) is 19.8 Å². The van der Waals surface area contributed by atoms with E-state index >= 15 is 0 Å². The molecule has 3 N–H and O–H groups in total. The van der Waals surface area contributed by atoms with E-state index < -0.39 is 0 Å². The second-order valence-corrected chi connectivity index (χ2v) is 6.97. The SMILES string of the molecule is CCNC(=NCCCNC(=O)c1cccs1)NCCc1ccccc1Cl.I. The van der Waals surface area contributed by atoms with Crippen LogP contribution in [0.4, 0.5) is 0 Å². The van der Waals surface area contributed by atoms with Crippen LogP contribution in [-0.2, 0) is 6.42 Å². The fourth-order valence-electron chi connectivity index (χ4n) is 2.33. The van der Waals surface area contributed by atoms with Crippen LogP contribution in [0.15, 0.2) is 46.8 Å². The molecular formula is C19H26ClIN4OS. The number of hydrogen-bond donors (Lipinski definition) is 3. The van der Waals surface area contributed by atoms with E-state index in [4.69, 9.17) is 11.6 Å². The highest BCUT2D eigenvalue weighted by molar-refractivity contribution is 14.0. The van der Waals surface area contributed by atoms with Crippen LogP contribution in [0.5, 0.6) is 0 Å². The van der Waals surface area contributed by atoms with E-state index in [0.717, 1.165) is 47.4 Å². The molecule has 0 atom stereocenters. The molecule has 2 aromatic rings. The van der Waals surface area contributed by atoms with E-state index in [2.05, 4.69) is 20.9 Å². The average Bonchev–Trinajstić information content (AvgIpc) is 3.17. The summed E-state index contributed by atoms with van der Waals surface area (Å²) in [6.07, 6.45) is 1.62. The summed E-state index contributed by atoms with van der Waals surface area (Å²) < 4.78 is 0. The number of carbonyl (C=O) groups is 1. The lowest BCUT2D eigenvalue weighted by Gasteiger charge is -2.12. The lowest BCUT2D eigenvalue weighted by Crippen LogP contribution is -2.38. The summed E-state index contributed by atoms with van der Waals surface area (Å²) in [5.41, 5.74) is 1.12. The van der Waals surface area contributed by atoms with Gasteiger partial charge in [0.2, 0.25) is 0 Å². The normalized spacial score (nSPS) is 10.8. The van der Waals surface area contributed by atoms with E-state index in [0.29, 0.717) is 13.1 Å². The van der Waals surface area contributed by atoms with E-state index in [1.54, 1.807) is 0 Å². The maximum Gasteiger partial charge on any atom is 0.261 e. The predicted molar refractivity (Wildman–Crippen MR) is 126 cm³/mol. The maximum atomic E-state index is 11.8. The number of benzene rings is 1. The van der Waals surface area contributed by atoms with Gasteiger partial charge in [0.1, 0.15) is 0 Å². The maximum absolute atomic E-state index is 11.8. The molecule has 5 nitrogen and oxygen atoms in total. The molecule has 1 aromatic carbocycles. The Labute approximate surface area is 187 Å². The molecule has 0 bridgehead atoms. The van der Waals surface area contributed by atoms with Gasteiger partial charge >= 0.3 is 0 Å². The van der Waals surface area contributed by atoms with Crippen molar-refractivity contribution in [2.24, 2.45) is 4.99 Å². The number of halogens is 2. The Bertz CT molecular complexity index is 709. The minimum atomic E-state index is -0.0197. The first-order chi connectivity index (χ1) is 12.7. The summed E-state index contributed by atoms with van der Waals surface area (Å²) in [5, 5.41) is 12.1. The van der Waals surface area contributed by atoms with Crippen LogP contribution in [0.1, 0.15) is 28.6 Å². The molecule has 1 heterocycles. The molecule has 1 aromatic heterocycles. The Balaban J connectivity index is 0.00000364. The summed E-state index contributed by atoms with van der Waals surface area (Å²) in [7, 11) is 0. The average molecular weight is 521 g/mol. The number of aliphatic imine (C=N–C) groups is 1. The summed E-state index contributed by atoms with van der Waals surface area (Å²) in [4.78, 5) is 17.1. The number of nitrogens with zero attached hydrogens (tertiary/aromatic N) is 1. The molecule has 8 heteroatoms. The Hall–Kier alpha value is -1.32. The van der Waals surface area contributed by atoms with E-state index in [1.165, 1.54) is 11.3 Å². The number of hydrogen-bond acceptors (Lipinski definition) is 3. The zero-order valence-electron chi connectivity index (χ0n) is 15.3. The van der Waals surface area contributed by atoms with Crippen molar-refractivity contribution in [1.29, 1.82) is 0 Å². The molecule has 0 aliphatic rings. The number of nitrogens with one attached hydrogen (secondary N) is 3.